The van der Waals surface area contributed by atoms with Gasteiger partial charge in [-0.1, -0.05) is 19.0 Å². The van der Waals surface area contributed by atoms with Crippen LogP contribution in [0.1, 0.15) is 90.7 Å². The van der Waals surface area contributed by atoms with Gasteiger partial charge in [0.15, 0.2) is 11.7 Å². The van der Waals surface area contributed by atoms with Gasteiger partial charge in [-0.05, 0) is 45.4 Å². The van der Waals surface area contributed by atoms with Gasteiger partial charge in [0.05, 0.1) is 22.6 Å². The molecule has 1 amide bonds. The number of hydrogen-bond acceptors (Lipinski definition) is 7. The van der Waals surface area contributed by atoms with Crippen molar-refractivity contribution in [3.63, 3.8) is 0 Å². The molecule has 8 heteroatoms. The van der Waals surface area contributed by atoms with Crippen LogP contribution in [-0.4, -0.2) is 32.6 Å². The zero-order valence-electron chi connectivity index (χ0n) is 19.4. The van der Waals surface area contributed by atoms with E-state index in [0.717, 1.165) is 54.2 Å². The second-order valence-electron chi connectivity index (χ2n) is 9.09. The van der Waals surface area contributed by atoms with Crippen molar-refractivity contribution in [1.29, 1.82) is 0 Å². The Hall–Kier alpha value is -3.03. The molecule has 1 aliphatic carbocycles. The van der Waals surface area contributed by atoms with E-state index in [1.807, 2.05) is 19.2 Å². The molecule has 3 aromatic rings. The van der Waals surface area contributed by atoms with Gasteiger partial charge in [0.25, 0.3) is 5.91 Å². The minimum absolute atomic E-state index is 0.189. The molecule has 0 unspecified atom stereocenters. The van der Waals surface area contributed by atoms with E-state index in [1.165, 1.54) is 0 Å². The Morgan fingerprint density at radius 2 is 1.91 bits per heavy atom. The molecule has 0 aliphatic heterocycles. The van der Waals surface area contributed by atoms with Crippen LogP contribution in [0.25, 0.3) is 11.3 Å². The van der Waals surface area contributed by atoms with E-state index >= 15 is 0 Å². The molecule has 0 spiro atoms. The Kier molecular flexibility index (Phi) is 6.39. The molecule has 0 bridgehead atoms. The van der Waals surface area contributed by atoms with Crippen LogP contribution in [0.4, 0.5) is 0 Å². The first kappa shape index (κ1) is 22.2. The standard InChI is InChI=1S/C24H31N5O3/c1-13(2)23-25-12-19(20-10-14(3)29-32-20)21(28-23)18-8-6-17(7-9-18)11-26-24(30)22-15(4)27-16(5)31-22/h10,12-13,17-18H,6-9,11H2,1-5H3,(H,26,30). The second-order valence-corrected chi connectivity index (χ2v) is 9.09. The summed E-state index contributed by atoms with van der Waals surface area (Å²) < 4.78 is 11.0. The Morgan fingerprint density at radius 1 is 1.16 bits per heavy atom. The average molecular weight is 438 g/mol. The molecule has 0 atom stereocenters. The summed E-state index contributed by atoms with van der Waals surface area (Å²) in [5.74, 6) is 3.23. The number of rotatable bonds is 6. The van der Waals surface area contributed by atoms with E-state index in [4.69, 9.17) is 13.9 Å². The molecule has 170 valence electrons. The predicted molar refractivity (Wildman–Crippen MR) is 119 cm³/mol. The van der Waals surface area contributed by atoms with Crippen molar-refractivity contribution in [2.75, 3.05) is 6.54 Å². The fourth-order valence-electron chi connectivity index (χ4n) is 4.38. The maximum atomic E-state index is 12.4. The largest absolute Gasteiger partial charge is 0.436 e. The van der Waals surface area contributed by atoms with E-state index in [1.54, 1.807) is 13.8 Å². The van der Waals surface area contributed by atoms with Gasteiger partial charge in [0.1, 0.15) is 5.82 Å². The zero-order valence-corrected chi connectivity index (χ0v) is 19.4. The molecular formula is C24H31N5O3. The highest BCUT2D eigenvalue weighted by Gasteiger charge is 2.28. The van der Waals surface area contributed by atoms with Gasteiger partial charge in [-0.2, -0.15) is 0 Å². The molecule has 32 heavy (non-hydrogen) atoms. The maximum Gasteiger partial charge on any atom is 0.289 e. The molecule has 1 saturated carbocycles. The molecule has 0 aromatic carbocycles. The lowest BCUT2D eigenvalue weighted by molar-refractivity contribution is 0.0913. The fourth-order valence-corrected chi connectivity index (χ4v) is 4.38. The van der Waals surface area contributed by atoms with Gasteiger partial charge in [0, 0.05) is 37.6 Å². The van der Waals surface area contributed by atoms with Crippen LogP contribution in [0.5, 0.6) is 0 Å². The number of carbonyl (C=O) groups excluding carboxylic acids is 1. The molecule has 1 fully saturated rings. The zero-order chi connectivity index (χ0) is 22.8. The van der Waals surface area contributed by atoms with E-state index < -0.39 is 0 Å². The first-order chi connectivity index (χ1) is 15.3. The SMILES string of the molecule is Cc1cc(-c2cnc(C(C)C)nc2C2CCC(CNC(=O)c3oc(C)nc3C)CC2)on1. The highest BCUT2D eigenvalue weighted by atomic mass is 16.5. The molecule has 0 saturated heterocycles. The third-order valence-corrected chi connectivity index (χ3v) is 6.14. The minimum atomic E-state index is -0.189. The molecule has 3 aromatic heterocycles. The number of hydrogen-bond donors (Lipinski definition) is 1. The van der Waals surface area contributed by atoms with Crippen molar-refractivity contribution in [1.82, 2.24) is 25.4 Å². The van der Waals surface area contributed by atoms with Crippen LogP contribution in [0.2, 0.25) is 0 Å². The molecular weight excluding hydrogens is 406 g/mol. The summed E-state index contributed by atoms with van der Waals surface area (Å²) in [6.07, 6.45) is 5.95. The van der Waals surface area contributed by atoms with Crippen molar-refractivity contribution in [3.05, 3.63) is 46.8 Å². The third-order valence-electron chi connectivity index (χ3n) is 6.14. The van der Waals surface area contributed by atoms with E-state index in [0.29, 0.717) is 35.7 Å². The highest BCUT2D eigenvalue weighted by molar-refractivity contribution is 5.92. The number of amides is 1. The summed E-state index contributed by atoms with van der Waals surface area (Å²) in [5.41, 5.74) is 3.46. The summed E-state index contributed by atoms with van der Waals surface area (Å²) in [4.78, 5) is 26.1. The van der Waals surface area contributed by atoms with Crippen LogP contribution in [0, 0.1) is 26.7 Å². The monoisotopic (exact) mass is 437 g/mol. The van der Waals surface area contributed by atoms with Crippen LogP contribution >= 0.6 is 0 Å². The average Bonchev–Trinajstić information content (AvgIpc) is 3.36. The van der Waals surface area contributed by atoms with Crippen molar-refractivity contribution >= 4 is 5.91 Å². The van der Waals surface area contributed by atoms with Gasteiger partial charge in [0.2, 0.25) is 5.76 Å². The van der Waals surface area contributed by atoms with Crippen molar-refractivity contribution in [2.45, 2.75) is 72.1 Å². The summed E-state index contributed by atoms with van der Waals surface area (Å²) in [5, 5.41) is 7.06. The minimum Gasteiger partial charge on any atom is -0.436 e. The van der Waals surface area contributed by atoms with Crippen molar-refractivity contribution in [2.24, 2.45) is 5.92 Å². The number of aromatic nitrogens is 4. The van der Waals surface area contributed by atoms with Crippen LogP contribution in [-0.2, 0) is 0 Å². The number of carbonyl (C=O) groups is 1. The van der Waals surface area contributed by atoms with E-state index in [-0.39, 0.29) is 11.8 Å². The van der Waals surface area contributed by atoms with E-state index in [2.05, 4.69) is 34.3 Å². The lowest BCUT2D eigenvalue weighted by atomic mass is 9.79. The first-order valence-electron chi connectivity index (χ1n) is 11.3. The topological polar surface area (TPSA) is 107 Å². The molecule has 8 nitrogen and oxygen atoms in total. The third kappa shape index (κ3) is 4.74. The van der Waals surface area contributed by atoms with Gasteiger partial charge in [-0.25, -0.2) is 15.0 Å². The number of nitrogens with one attached hydrogen (secondary N) is 1. The van der Waals surface area contributed by atoms with Gasteiger partial charge in [-0.15, -0.1) is 0 Å². The molecule has 4 rings (SSSR count). The predicted octanol–water partition coefficient (Wildman–Crippen LogP) is 4.87. The summed E-state index contributed by atoms with van der Waals surface area (Å²) in [7, 11) is 0. The Morgan fingerprint density at radius 3 is 2.50 bits per heavy atom. The Labute approximate surface area is 188 Å². The Bertz CT molecular complexity index is 1090. The quantitative estimate of drug-likeness (QED) is 0.586. The van der Waals surface area contributed by atoms with Crippen LogP contribution < -0.4 is 5.32 Å². The molecule has 1 aliphatic rings. The molecule has 3 heterocycles. The Balaban J connectivity index is 1.43. The van der Waals surface area contributed by atoms with Gasteiger partial charge < -0.3 is 14.3 Å². The van der Waals surface area contributed by atoms with Crippen molar-refractivity contribution < 1.29 is 13.7 Å². The summed E-state index contributed by atoms with van der Waals surface area (Å²) >= 11 is 0. The second kappa shape index (κ2) is 9.22. The first-order valence-corrected chi connectivity index (χ1v) is 11.3. The summed E-state index contributed by atoms with van der Waals surface area (Å²) in [6, 6.07) is 1.94. The maximum absolute atomic E-state index is 12.4. The van der Waals surface area contributed by atoms with Gasteiger partial charge >= 0.3 is 0 Å². The fraction of sp³-hybridized carbons (Fsp3) is 0.542. The lowest BCUT2D eigenvalue weighted by Crippen LogP contribution is -2.31. The van der Waals surface area contributed by atoms with Crippen molar-refractivity contribution in [3.8, 4) is 11.3 Å². The molecule has 0 radical (unpaired) electrons. The lowest BCUT2D eigenvalue weighted by Gasteiger charge is -2.29. The van der Waals surface area contributed by atoms with E-state index in [9.17, 15) is 4.79 Å². The number of aryl methyl sites for hydroxylation is 3. The number of nitrogens with zero attached hydrogens (tertiary/aromatic N) is 4. The smallest absolute Gasteiger partial charge is 0.289 e. The molecule has 1 N–H and O–H groups in total. The number of oxazole rings is 1. The van der Waals surface area contributed by atoms with Gasteiger partial charge in [-0.3, -0.25) is 4.79 Å². The highest BCUT2D eigenvalue weighted by Crippen LogP contribution is 2.39. The van der Waals surface area contributed by atoms with Crippen LogP contribution in [0.15, 0.2) is 21.2 Å². The van der Waals surface area contributed by atoms with Crippen LogP contribution in [0.3, 0.4) is 0 Å². The summed E-state index contributed by atoms with van der Waals surface area (Å²) in [6.45, 7) is 10.3. The normalized spacial score (nSPS) is 18.8.